The number of amides is 1. The van der Waals surface area contributed by atoms with Crippen molar-refractivity contribution < 1.29 is 13.2 Å². The van der Waals surface area contributed by atoms with E-state index in [0.29, 0.717) is 25.9 Å². The third kappa shape index (κ3) is 4.42. The van der Waals surface area contributed by atoms with Crippen molar-refractivity contribution in [1.82, 2.24) is 9.62 Å². The fraction of sp³-hybridized carbons (Fsp3) is 0.500. The summed E-state index contributed by atoms with van der Waals surface area (Å²) in [5.41, 5.74) is 6.06. The van der Waals surface area contributed by atoms with E-state index in [0.717, 1.165) is 5.56 Å². The first-order chi connectivity index (χ1) is 10.3. The Morgan fingerprint density at radius 1 is 1.41 bits per heavy atom. The van der Waals surface area contributed by atoms with E-state index in [1.165, 1.54) is 6.07 Å². The molecule has 0 spiro atoms. The first kappa shape index (κ1) is 17.2. The molecule has 3 N–H and O–H groups in total. The van der Waals surface area contributed by atoms with Gasteiger partial charge in [0.25, 0.3) is 0 Å². The Kier molecular flexibility index (Phi) is 5.44. The maximum atomic E-state index is 12.4. The van der Waals surface area contributed by atoms with E-state index in [1.807, 2.05) is 11.8 Å². The zero-order valence-corrected chi connectivity index (χ0v) is 14.0. The fourth-order valence-corrected chi connectivity index (χ4v) is 4.44. The van der Waals surface area contributed by atoms with Crippen LogP contribution in [0.25, 0.3) is 0 Å². The minimum atomic E-state index is -3.64. The summed E-state index contributed by atoms with van der Waals surface area (Å²) in [4.78, 5) is 12.9. The van der Waals surface area contributed by atoms with Crippen LogP contribution in [-0.4, -0.2) is 44.9 Å². The maximum Gasteiger partial charge on any atom is 0.242 e. The summed E-state index contributed by atoms with van der Waals surface area (Å²) in [6, 6.07) is 4.70. The number of rotatable bonds is 5. The number of piperidine rings is 1. The van der Waals surface area contributed by atoms with Gasteiger partial charge in [0.1, 0.15) is 4.90 Å². The lowest BCUT2D eigenvalue weighted by Gasteiger charge is -2.31. The van der Waals surface area contributed by atoms with Gasteiger partial charge in [0.2, 0.25) is 15.9 Å². The molecular formula is C14H20ClN3O3S. The van der Waals surface area contributed by atoms with Gasteiger partial charge in [-0.15, -0.1) is 0 Å². The lowest BCUT2D eigenvalue weighted by molar-refractivity contribution is -0.119. The van der Waals surface area contributed by atoms with Crippen LogP contribution in [0.1, 0.15) is 18.4 Å². The molecule has 1 aliphatic rings. The molecule has 0 bridgehead atoms. The van der Waals surface area contributed by atoms with Crippen molar-refractivity contribution >= 4 is 27.5 Å². The van der Waals surface area contributed by atoms with Gasteiger partial charge in [0, 0.05) is 19.1 Å². The highest BCUT2D eigenvalue weighted by atomic mass is 35.5. The van der Waals surface area contributed by atoms with E-state index in [9.17, 15) is 13.2 Å². The number of aryl methyl sites for hydroxylation is 1. The highest BCUT2D eigenvalue weighted by Gasteiger charge is 2.26. The van der Waals surface area contributed by atoms with Gasteiger partial charge < -0.3 is 5.73 Å². The van der Waals surface area contributed by atoms with Gasteiger partial charge in [0.15, 0.2) is 0 Å². The molecule has 8 heteroatoms. The standard InChI is InChI=1S/C14H20ClN3O3S/c1-10-2-3-13(12(15)8-10)22(20,21)17-11-4-6-18(7-5-11)9-14(16)19/h2-3,8,11,17H,4-7,9H2,1H3,(H2,16,19). The summed E-state index contributed by atoms with van der Waals surface area (Å²) in [6.45, 7) is 3.34. The molecule has 1 fully saturated rings. The number of nitrogens with one attached hydrogen (secondary N) is 1. The second-order valence-corrected chi connectivity index (χ2v) is 7.66. The van der Waals surface area contributed by atoms with Gasteiger partial charge >= 0.3 is 0 Å². The molecule has 1 aromatic carbocycles. The van der Waals surface area contributed by atoms with Crippen LogP contribution in [0.5, 0.6) is 0 Å². The van der Waals surface area contributed by atoms with Crippen LogP contribution in [0.4, 0.5) is 0 Å². The molecule has 0 atom stereocenters. The molecule has 0 unspecified atom stereocenters. The minimum Gasteiger partial charge on any atom is -0.369 e. The summed E-state index contributed by atoms with van der Waals surface area (Å²) < 4.78 is 27.5. The fourth-order valence-electron chi connectivity index (χ4n) is 2.54. The molecular weight excluding hydrogens is 326 g/mol. The Bertz CT molecular complexity index is 655. The molecule has 0 saturated carbocycles. The molecule has 1 aromatic rings. The topological polar surface area (TPSA) is 92.5 Å². The smallest absolute Gasteiger partial charge is 0.242 e. The SMILES string of the molecule is Cc1ccc(S(=O)(=O)NC2CCN(CC(N)=O)CC2)c(Cl)c1. The third-order valence-electron chi connectivity index (χ3n) is 3.67. The van der Waals surface area contributed by atoms with E-state index in [4.69, 9.17) is 17.3 Å². The lowest BCUT2D eigenvalue weighted by atomic mass is 10.1. The van der Waals surface area contributed by atoms with Crippen molar-refractivity contribution in [2.24, 2.45) is 5.73 Å². The minimum absolute atomic E-state index is 0.0966. The number of benzene rings is 1. The molecule has 22 heavy (non-hydrogen) atoms. The van der Waals surface area contributed by atoms with Gasteiger partial charge in [-0.1, -0.05) is 17.7 Å². The van der Waals surface area contributed by atoms with Gasteiger partial charge in [0.05, 0.1) is 11.6 Å². The van der Waals surface area contributed by atoms with Crippen LogP contribution in [0.2, 0.25) is 5.02 Å². The van der Waals surface area contributed by atoms with Crippen LogP contribution in [0.15, 0.2) is 23.1 Å². The molecule has 1 saturated heterocycles. The first-order valence-electron chi connectivity index (χ1n) is 7.07. The van der Waals surface area contributed by atoms with Crippen molar-refractivity contribution in [2.45, 2.75) is 30.7 Å². The quantitative estimate of drug-likeness (QED) is 0.828. The highest BCUT2D eigenvalue weighted by Crippen LogP contribution is 2.23. The van der Waals surface area contributed by atoms with Crippen molar-refractivity contribution in [1.29, 1.82) is 0 Å². The largest absolute Gasteiger partial charge is 0.369 e. The van der Waals surface area contributed by atoms with Gasteiger partial charge in [-0.3, -0.25) is 9.69 Å². The average molecular weight is 346 g/mol. The van der Waals surface area contributed by atoms with Crippen molar-refractivity contribution in [3.63, 3.8) is 0 Å². The van der Waals surface area contributed by atoms with Crippen LogP contribution < -0.4 is 10.5 Å². The highest BCUT2D eigenvalue weighted by molar-refractivity contribution is 7.89. The predicted octanol–water partition coefficient (Wildman–Crippen LogP) is 0.876. The molecule has 6 nitrogen and oxygen atoms in total. The van der Waals surface area contributed by atoms with Crippen LogP contribution in [-0.2, 0) is 14.8 Å². The van der Waals surface area contributed by atoms with E-state index < -0.39 is 10.0 Å². The van der Waals surface area contributed by atoms with Crippen molar-refractivity contribution in [2.75, 3.05) is 19.6 Å². The Balaban J connectivity index is 2.00. The number of carbonyl (C=O) groups is 1. The number of hydrogen-bond donors (Lipinski definition) is 2. The average Bonchev–Trinajstić information content (AvgIpc) is 2.39. The lowest BCUT2D eigenvalue weighted by Crippen LogP contribution is -2.46. The molecule has 0 aromatic heterocycles. The first-order valence-corrected chi connectivity index (χ1v) is 8.93. The number of carbonyl (C=O) groups excluding carboxylic acids is 1. The number of nitrogens with two attached hydrogens (primary N) is 1. The maximum absolute atomic E-state index is 12.4. The van der Waals surface area contributed by atoms with Crippen molar-refractivity contribution in [3.05, 3.63) is 28.8 Å². The summed E-state index contributed by atoms with van der Waals surface area (Å²) in [5.74, 6) is -0.370. The number of hydrogen-bond acceptors (Lipinski definition) is 4. The van der Waals surface area contributed by atoms with Crippen LogP contribution >= 0.6 is 11.6 Å². The normalized spacial score (nSPS) is 17.5. The van der Waals surface area contributed by atoms with Crippen molar-refractivity contribution in [3.8, 4) is 0 Å². The summed E-state index contributed by atoms with van der Waals surface area (Å²) in [5, 5.41) is 0.221. The number of sulfonamides is 1. The second-order valence-electron chi connectivity index (χ2n) is 5.57. The molecule has 1 heterocycles. The number of primary amides is 1. The molecule has 0 aliphatic carbocycles. The Morgan fingerprint density at radius 2 is 2.05 bits per heavy atom. The van der Waals surface area contributed by atoms with Gasteiger partial charge in [-0.05, 0) is 37.5 Å². The molecule has 2 rings (SSSR count). The van der Waals surface area contributed by atoms with E-state index in [2.05, 4.69) is 4.72 Å². The number of halogens is 1. The summed E-state index contributed by atoms with van der Waals surface area (Å²) >= 11 is 6.03. The van der Waals surface area contributed by atoms with Gasteiger partial charge in [-0.25, -0.2) is 13.1 Å². The van der Waals surface area contributed by atoms with E-state index in [-0.39, 0.29) is 28.4 Å². The number of nitrogens with zero attached hydrogens (tertiary/aromatic N) is 1. The predicted molar refractivity (Wildman–Crippen MR) is 85.2 cm³/mol. The Labute approximate surface area is 135 Å². The summed E-state index contributed by atoms with van der Waals surface area (Å²) in [7, 11) is -3.64. The molecule has 122 valence electrons. The third-order valence-corrected chi connectivity index (χ3v) is 5.67. The zero-order valence-electron chi connectivity index (χ0n) is 12.4. The molecule has 1 amide bonds. The van der Waals surface area contributed by atoms with Gasteiger partial charge in [-0.2, -0.15) is 0 Å². The van der Waals surface area contributed by atoms with E-state index >= 15 is 0 Å². The second kappa shape index (κ2) is 6.95. The zero-order chi connectivity index (χ0) is 16.3. The van der Waals surface area contributed by atoms with Crippen LogP contribution in [0.3, 0.4) is 0 Å². The van der Waals surface area contributed by atoms with E-state index in [1.54, 1.807) is 12.1 Å². The Morgan fingerprint density at radius 3 is 2.59 bits per heavy atom. The Hall–Kier alpha value is -1.15. The summed E-state index contributed by atoms with van der Waals surface area (Å²) in [6.07, 6.45) is 1.27. The molecule has 1 aliphatic heterocycles. The molecule has 0 radical (unpaired) electrons. The monoisotopic (exact) mass is 345 g/mol. The number of likely N-dealkylation sites (tertiary alicyclic amines) is 1. The van der Waals surface area contributed by atoms with Crippen LogP contribution in [0, 0.1) is 6.92 Å².